The minimum Gasteiger partial charge on any atom is -0.344 e. The lowest BCUT2D eigenvalue weighted by Crippen LogP contribution is -2.44. The highest BCUT2D eigenvalue weighted by Gasteiger charge is 2.20. The van der Waals surface area contributed by atoms with E-state index in [0.717, 1.165) is 32.6 Å². The number of hydrogen-bond donors (Lipinski definition) is 2. The number of carbonyl (C=O) groups is 2. The van der Waals surface area contributed by atoms with Crippen LogP contribution in [0.5, 0.6) is 0 Å². The fourth-order valence-electron chi connectivity index (χ4n) is 2.59. The van der Waals surface area contributed by atoms with Gasteiger partial charge in [-0.25, -0.2) is 13.8 Å². The average molecular weight is 500 g/mol. The van der Waals surface area contributed by atoms with Crippen molar-refractivity contribution in [3.8, 4) is 10.6 Å². The number of nitrogens with zero attached hydrogens (tertiary/aromatic N) is 1. The lowest BCUT2D eigenvalue weighted by atomic mass is 10.1. The highest BCUT2D eigenvalue weighted by Crippen LogP contribution is 2.33. The average Bonchev–Trinajstić information content (AvgIpc) is 3.27. The van der Waals surface area contributed by atoms with E-state index in [1.807, 2.05) is 17.5 Å². The summed E-state index contributed by atoms with van der Waals surface area (Å²) in [5.74, 6) is -2.41. The first kappa shape index (κ1) is 21.5. The largest absolute Gasteiger partial charge is 0.344 e. The molecule has 29 heavy (non-hydrogen) atoms. The maximum Gasteiger partial charge on any atom is 0.248 e. The van der Waals surface area contributed by atoms with E-state index in [1.54, 1.807) is 6.92 Å². The first-order chi connectivity index (χ1) is 13.8. The molecule has 1 unspecified atom stereocenters. The van der Waals surface area contributed by atoms with Gasteiger partial charge in [0.15, 0.2) is 5.13 Å². The molecule has 0 spiro atoms. The molecule has 3 rings (SSSR count). The topological polar surface area (TPSA) is 71.1 Å². The van der Waals surface area contributed by atoms with E-state index in [-0.39, 0.29) is 12.0 Å². The zero-order valence-corrected chi connectivity index (χ0v) is 18.4. The molecule has 0 bridgehead atoms. The number of amides is 2. The lowest BCUT2D eigenvalue weighted by molar-refractivity contribution is -0.126. The highest BCUT2D eigenvalue weighted by atomic mass is 79.9. The highest BCUT2D eigenvalue weighted by molar-refractivity contribution is 9.11. The van der Waals surface area contributed by atoms with Crippen LogP contribution >= 0.6 is 38.6 Å². The molecule has 0 aliphatic rings. The van der Waals surface area contributed by atoms with E-state index in [0.29, 0.717) is 11.6 Å². The van der Waals surface area contributed by atoms with Crippen LogP contribution in [-0.4, -0.2) is 22.8 Å². The Morgan fingerprint density at radius 1 is 1.21 bits per heavy atom. The SMILES string of the molecule is CCC(NC(=O)Cc1cc(F)cc(F)c1)C(=O)Nc1nc(-c2ccc(Br)s2)cs1. The summed E-state index contributed by atoms with van der Waals surface area (Å²) in [5.41, 5.74) is 0.952. The van der Waals surface area contributed by atoms with Crippen molar-refractivity contribution >= 4 is 55.5 Å². The van der Waals surface area contributed by atoms with Crippen LogP contribution in [0.3, 0.4) is 0 Å². The molecule has 2 N–H and O–H groups in total. The summed E-state index contributed by atoms with van der Waals surface area (Å²) >= 11 is 6.22. The van der Waals surface area contributed by atoms with E-state index < -0.39 is 29.5 Å². The standard InChI is InChI=1S/C19H16BrF2N3O2S2/c1-2-13(23-17(26)7-10-5-11(21)8-12(22)6-10)18(27)25-19-24-14(9-28-19)15-3-4-16(20)29-15/h3-6,8-9,13H,2,7H2,1H3,(H,23,26)(H,24,25,27). The van der Waals surface area contributed by atoms with Gasteiger partial charge >= 0.3 is 0 Å². The first-order valence-electron chi connectivity index (χ1n) is 8.60. The maximum absolute atomic E-state index is 13.3. The third-order valence-electron chi connectivity index (χ3n) is 3.91. The molecule has 1 aromatic carbocycles. The number of carbonyl (C=O) groups excluding carboxylic acids is 2. The number of halogens is 3. The normalized spacial score (nSPS) is 11.9. The fourth-order valence-corrected chi connectivity index (χ4v) is 4.72. The number of nitrogens with one attached hydrogen (secondary N) is 2. The molecule has 3 aromatic rings. The second-order valence-corrected chi connectivity index (χ2v) is 9.43. The summed E-state index contributed by atoms with van der Waals surface area (Å²) in [6.45, 7) is 1.75. The Labute approximate surface area is 182 Å². The Kier molecular flexibility index (Phi) is 7.09. The summed E-state index contributed by atoms with van der Waals surface area (Å²) in [5, 5.41) is 7.56. The van der Waals surface area contributed by atoms with Gasteiger partial charge in [-0.1, -0.05) is 6.92 Å². The van der Waals surface area contributed by atoms with Gasteiger partial charge in [0.2, 0.25) is 11.8 Å². The van der Waals surface area contributed by atoms with Crippen LogP contribution in [0.2, 0.25) is 0 Å². The molecular weight excluding hydrogens is 484 g/mol. The Balaban J connectivity index is 1.60. The third-order valence-corrected chi connectivity index (χ3v) is 6.31. The van der Waals surface area contributed by atoms with Gasteiger partial charge in [0.05, 0.1) is 20.8 Å². The molecule has 0 aliphatic heterocycles. The fraction of sp³-hybridized carbons (Fsp3) is 0.211. The van der Waals surface area contributed by atoms with Crippen molar-refractivity contribution in [1.29, 1.82) is 0 Å². The molecular formula is C19H16BrF2N3O2S2. The lowest BCUT2D eigenvalue weighted by Gasteiger charge is -2.16. The number of hydrogen-bond acceptors (Lipinski definition) is 5. The van der Waals surface area contributed by atoms with Crippen LogP contribution in [0.25, 0.3) is 10.6 Å². The number of thiazole rings is 1. The summed E-state index contributed by atoms with van der Waals surface area (Å²) in [7, 11) is 0. The maximum atomic E-state index is 13.3. The third kappa shape index (κ3) is 5.91. The second-order valence-electron chi connectivity index (χ2n) is 6.11. The van der Waals surface area contributed by atoms with Gasteiger partial charge in [0.1, 0.15) is 17.7 Å². The number of thiophene rings is 1. The van der Waals surface area contributed by atoms with E-state index in [2.05, 4.69) is 31.5 Å². The summed E-state index contributed by atoms with van der Waals surface area (Å²) in [4.78, 5) is 30.1. The van der Waals surface area contributed by atoms with Crippen LogP contribution in [-0.2, 0) is 16.0 Å². The molecule has 0 radical (unpaired) electrons. The molecule has 2 aromatic heterocycles. The summed E-state index contributed by atoms with van der Waals surface area (Å²) in [6.07, 6.45) is 0.123. The molecule has 0 saturated heterocycles. The number of anilines is 1. The van der Waals surface area contributed by atoms with Crippen molar-refractivity contribution in [2.75, 3.05) is 5.32 Å². The van der Waals surface area contributed by atoms with Crippen LogP contribution in [0, 0.1) is 11.6 Å². The number of aromatic nitrogens is 1. The van der Waals surface area contributed by atoms with Crippen LogP contribution in [0.4, 0.5) is 13.9 Å². The van der Waals surface area contributed by atoms with E-state index >= 15 is 0 Å². The van der Waals surface area contributed by atoms with E-state index in [1.165, 1.54) is 22.7 Å². The van der Waals surface area contributed by atoms with Crippen molar-refractivity contribution in [2.24, 2.45) is 0 Å². The van der Waals surface area contributed by atoms with Crippen LogP contribution in [0.1, 0.15) is 18.9 Å². The Morgan fingerprint density at radius 3 is 2.55 bits per heavy atom. The van der Waals surface area contributed by atoms with E-state index in [9.17, 15) is 18.4 Å². The van der Waals surface area contributed by atoms with Gasteiger partial charge in [-0.2, -0.15) is 0 Å². The summed E-state index contributed by atoms with van der Waals surface area (Å²) in [6, 6.07) is 5.97. The van der Waals surface area contributed by atoms with Crippen LogP contribution in [0.15, 0.2) is 39.5 Å². The summed E-state index contributed by atoms with van der Waals surface area (Å²) < 4.78 is 27.5. The quantitative estimate of drug-likeness (QED) is 0.481. The van der Waals surface area contributed by atoms with Gasteiger partial charge in [0.25, 0.3) is 0 Å². The predicted molar refractivity (Wildman–Crippen MR) is 114 cm³/mol. The van der Waals surface area contributed by atoms with Crippen molar-refractivity contribution < 1.29 is 18.4 Å². The van der Waals surface area contributed by atoms with Gasteiger partial charge in [-0.3, -0.25) is 9.59 Å². The van der Waals surface area contributed by atoms with Gasteiger partial charge < -0.3 is 10.6 Å². The van der Waals surface area contributed by atoms with Crippen molar-refractivity contribution in [3.63, 3.8) is 0 Å². The molecule has 0 fully saturated rings. The monoisotopic (exact) mass is 499 g/mol. The molecule has 152 valence electrons. The Morgan fingerprint density at radius 2 is 1.93 bits per heavy atom. The first-order valence-corrected chi connectivity index (χ1v) is 11.1. The molecule has 0 saturated carbocycles. The van der Waals surface area contributed by atoms with Gasteiger partial charge in [-0.05, 0) is 52.2 Å². The number of rotatable bonds is 7. The molecule has 1 atom stereocenters. The van der Waals surface area contributed by atoms with Crippen molar-refractivity contribution in [3.05, 3.63) is 56.7 Å². The molecule has 2 amide bonds. The molecule has 0 aliphatic carbocycles. The predicted octanol–water partition coefficient (Wildman–Crippen LogP) is 4.99. The van der Waals surface area contributed by atoms with Gasteiger partial charge in [-0.15, -0.1) is 22.7 Å². The minimum atomic E-state index is -0.788. The number of benzene rings is 1. The Bertz CT molecular complexity index is 1020. The molecule has 2 heterocycles. The van der Waals surface area contributed by atoms with Crippen molar-refractivity contribution in [1.82, 2.24) is 10.3 Å². The second kappa shape index (κ2) is 9.55. The molecule has 5 nitrogen and oxygen atoms in total. The Hall–Kier alpha value is -2.17. The smallest absolute Gasteiger partial charge is 0.248 e. The zero-order valence-electron chi connectivity index (χ0n) is 15.2. The van der Waals surface area contributed by atoms with E-state index in [4.69, 9.17) is 0 Å². The minimum absolute atomic E-state index is 0.196. The zero-order chi connectivity index (χ0) is 21.0. The van der Waals surface area contributed by atoms with Gasteiger partial charge in [0, 0.05) is 11.4 Å². The molecule has 10 heteroatoms. The van der Waals surface area contributed by atoms with Crippen molar-refractivity contribution in [2.45, 2.75) is 25.8 Å². The van der Waals surface area contributed by atoms with Crippen LogP contribution < -0.4 is 10.6 Å².